The normalized spacial score (nSPS) is 15.6. The molecule has 0 bridgehead atoms. The van der Waals surface area contributed by atoms with Crippen LogP contribution in [0.5, 0.6) is 0 Å². The van der Waals surface area contributed by atoms with Crippen LogP contribution in [0.2, 0.25) is 0 Å². The number of anilines is 2. The van der Waals surface area contributed by atoms with Gasteiger partial charge in [0.15, 0.2) is 0 Å². The lowest BCUT2D eigenvalue weighted by Gasteiger charge is -2.46. The minimum absolute atomic E-state index is 0.0127. The Hall–Kier alpha value is -3.37. The van der Waals surface area contributed by atoms with E-state index < -0.39 is 0 Å². The highest BCUT2D eigenvalue weighted by Gasteiger charge is 2.39. The summed E-state index contributed by atoms with van der Waals surface area (Å²) >= 11 is 3.63. The lowest BCUT2D eigenvalue weighted by molar-refractivity contribution is 0.0968. The summed E-state index contributed by atoms with van der Waals surface area (Å²) in [6.45, 7) is 2.75. The highest BCUT2D eigenvalue weighted by atomic mass is 79.9. The molecule has 4 aromatic rings. The van der Waals surface area contributed by atoms with Crippen molar-refractivity contribution in [3.63, 3.8) is 0 Å². The SMILES string of the molecule is Cc1ccc(N2C(=O)c3ccccc3N(Cc3ccccc3)[C@H]2c2cccc(Br)c2)cc1. The number of rotatable bonds is 4. The van der Waals surface area contributed by atoms with E-state index in [4.69, 9.17) is 0 Å². The summed E-state index contributed by atoms with van der Waals surface area (Å²) in [5.41, 5.74) is 5.97. The van der Waals surface area contributed by atoms with Gasteiger partial charge in [0.05, 0.1) is 11.3 Å². The first kappa shape index (κ1) is 20.5. The van der Waals surface area contributed by atoms with E-state index in [0.29, 0.717) is 6.54 Å². The number of amides is 1. The molecule has 1 atom stereocenters. The molecule has 1 heterocycles. The fourth-order valence-corrected chi connectivity index (χ4v) is 4.75. The van der Waals surface area contributed by atoms with Gasteiger partial charge in [0.1, 0.15) is 6.17 Å². The van der Waals surface area contributed by atoms with E-state index in [9.17, 15) is 4.79 Å². The predicted octanol–water partition coefficient (Wildman–Crippen LogP) is 7.12. The lowest BCUT2D eigenvalue weighted by atomic mass is 9.99. The molecule has 32 heavy (non-hydrogen) atoms. The molecule has 158 valence electrons. The number of halogens is 1. The monoisotopic (exact) mass is 482 g/mol. The Labute approximate surface area is 197 Å². The van der Waals surface area contributed by atoms with Crippen LogP contribution in [0.25, 0.3) is 0 Å². The van der Waals surface area contributed by atoms with Crippen molar-refractivity contribution in [1.82, 2.24) is 0 Å². The molecule has 0 aromatic heterocycles. The predicted molar refractivity (Wildman–Crippen MR) is 134 cm³/mol. The molecule has 0 N–H and O–H groups in total. The molecule has 1 amide bonds. The van der Waals surface area contributed by atoms with Gasteiger partial charge < -0.3 is 4.90 Å². The fraction of sp³-hybridized carbons (Fsp3) is 0.107. The van der Waals surface area contributed by atoms with E-state index in [1.807, 2.05) is 59.5 Å². The van der Waals surface area contributed by atoms with Crippen molar-refractivity contribution in [3.05, 3.63) is 130 Å². The molecule has 1 aliphatic heterocycles. The highest BCUT2D eigenvalue weighted by molar-refractivity contribution is 9.10. The van der Waals surface area contributed by atoms with Gasteiger partial charge in [-0.2, -0.15) is 0 Å². The van der Waals surface area contributed by atoms with Crippen molar-refractivity contribution >= 4 is 33.2 Å². The molecule has 0 saturated carbocycles. The molecule has 4 aromatic carbocycles. The highest BCUT2D eigenvalue weighted by Crippen LogP contribution is 2.42. The number of carbonyl (C=O) groups excluding carboxylic acids is 1. The third-order valence-electron chi connectivity index (χ3n) is 5.86. The first-order valence-corrected chi connectivity index (χ1v) is 11.5. The Morgan fingerprint density at radius 3 is 2.28 bits per heavy atom. The number of hydrogen-bond donors (Lipinski definition) is 0. The molecule has 0 unspecified atom stereocenters. The van der Waals surface area contributed by atoms with Crippen molar-refractivity contribution in [2.75, 3.05) is 9.80 Å². The average molecular weight is 483 g/mol. The summed E-state index contributed by atoms with van der Waals surface area (Å²) in [6.07, 6.45) is -0.280. The first-order chi connectivity index (χ1) is 15.6. The summed E-state index contributed by atoms with van der Waals surface area (Å²) in [4.78, 5) is 18.1. The number of nitrogens with zero attached hydrogens (tertiary/aromatic N) is 2. The number of para-hydroxylation sites is 1. The molecular formula is C28H23BrN2O. The molecule has 0 aliphatic carbocycles. The van der Waals surface area contributed by atoms with Gasteiger partial charge in [-0.15, -0.1) is 0 Å². The van der Waals surface area contributed by atoms with Crippen molar-refractivity contribution in [2.45, 2.75) is 19.6 Å². The summed E-state index contributed by atoms with van der Waals surface area (Å²) < 4.78 is 0.991. The van der Waals surface area contributed by atoms with Gasteiger partial charge in [-0.05, 0) is 54.4 Å². The van der Waals surface area contributed by atoms with Crippen molar-refractivity contribution in [1.29, 1.82) is 0 Å². The van der Waals surface area contributed by atoms with Crippen LogP contribution in [0.3, 0.4) is 0 Å². The van der Waals surface area contributed by atoms with E-state index in [0.717, 1.165) is 27.0 Å². The van der Waals surface area contributed by atoms with Crippen LogP contribution in [-0.4, -0.2) is 5.91 Å². The second-order valence-corrected chi connectivity index (χ2v) is 8.99. The summed E-state index contributed by atoms with van der Waals surface area (Å²) in [6, 6.07) is 34.7. The van der Waals surface area contributed by atoms with E-state index in [1.165, 1.54) is 11.1 Å². The maximum absolute atomic E-state index is 13.9. The van der Waals surface area contributed by atoms with Crippen LogP contribution in [0.1, 0.15) is 33.2 Å². The van der Waals surface area contributed by atoms with Crippen LogP contribution in [0.4, 0.5) is 11.4 Å². The molecule has 1 aliphatic rings. The Kier molecular flexibility index (Phi) is 5.54. The number of hydrogen-bond acceptors (Lipinski definition) is 2. The number of carbonyl (C=O) groups is 1. The van der Waals surface area contributed by atoms with Gasteiger partial charge in [0, 0.05) is 16.7 Å². The van der Waals surface area contributed by atoms with Crippen LogP contribution >= 0.6 is 15.9 Å². The lowest BCUT2D eigenvalue weighted by Crippen LogP contribution is -2.49. The molecule has 5 rings (SSSR count). The molecule has 0 spiro atoms. The van der Waals surface area contributed by atoms with E-state index in [-0.39, 0.29) is 12.1 Å². The zero-order valence-corrected chi connectivity index (χ0v) is 19.4. The second kappa shape index (κ2) is 8.64. The Morgan fingerprint density at radius 2 is 1.53 bits per heavy atom. The molecule has 0 saturated heterocycles. The minimum atomic E-state index is -0.280. The third kappa shape index (κ3) is 3.82. The van der Waals surface area contributed by atoms with Gasteiger partial charge in [0.2, 0.25) is 0 Å². The maximum Gasteiger partial charge on any atom is 0.262 e. The standard InChI is InChI=1S/C28H23BrN2O/c1-20-14-16-24(17-15-20)31-27(22-10-7-11-23(29)18-22)30(19-21-8-3-2-4-9-21)26-13-6-5-12-25(26)28(31)32/h2-18,27H,19H2,1H3/t27-/m1/s1. The Balaban J connectivity index is 1.73. The smallest absolute Gasteiger partial charge is 0.262 e. The largest absolute Gasteiger partial charge is 0.342 e. The van der Waals surface area contributed by atoms with Crippen molar-refractivity contribution < 1.29 is 4.79 Å². The topological polar surface area (TPSA) is 23.6 Å². The molecule has 0 fully saturated rings. The van der Waals surface area contributed by atoms with Crippen molar-refractivity contribution in [3.8, 4) is 0 Å². The number of benzene rings is 4. The zero-order valence-electron chi connectivity index (χ0n) is 17.8. The molecule has 0 radical (unpaired) electrons. The minimum Gasteiger partial charge on any atom is -0.342 e. The van der Waals surface area contributed by atoms with Crippen LogP contribution in [0.15, 0.2) is 108 Å². The summed E-state index contributed by atoms with van der Waals surface area (Å²) in [7, 11) is 0. The Morgan fingerprint density at radius 1 is 0.812 bits per heavy atom. The first-order valence-electron chi connectivity index (χ1n) is 10.7. The molecular weight excluding hydrogens is 460 g/mol. The van der Waals surface area contributed by atoms with Gasteiger partial charge in [-0.3, -0.25) is 9.69 Å². The average Bonchev–Trinajstić information content (AvgIpc) is 2.82. The number of aryl methyl sites for hydroxylation is 1. The van der Waals surface area contributed by atoms with Gasteiger partial charge in [-0.25, -0.2) is 0 Å². The maximum atomic E-state index is 13.9. The molecule has 4 heteroatoms. The van der Waals surface area contributed by atoms with Crippen molar-refractivity contribution in [2.24, 2.45) is 0 Å². The number of fused-ring (bicyclic) bond motifs is 1. The van der Waals surface area contributed by atoms with Gasteiger partial charge >= 0.3 is 0 Å². The summed E-state index contributed by atoms with van der Waals surface area (Å²) in [5.74, 6) is 0.0127. The van der Waals surface area contributed by atoms with Crippen LogP contribution < -0.4 is 9.80 Å². The third-order valence-corrected chi connectivity index (χ3v) is 6.35. The van der Waals surface area contributed by atoms with Crippen LogP contribution in [-0.2, 0) is 6.54 Å². The zero-order chi connectivity index (χ0) is 22.1. The molecule has 3 nitrogen and oxygen atoms in total. The van der Waals surface area contributed by atoms with Gasteiger partial charge in [-0.1, -0.05) is 88.2 Å². The van der Waals surface area contributed by atoms with E-state index in [2.05, 4.69) is 76.3 Å². The fourth-order valence-electron chi connectivity index (χ4n) is 4.33. The Bertz CT molecular complexity index is 1250. The summed E-state index contributed by atoms with van der Waals surface area (Å²) in [5, 5.41) is 0. The van der Waals surface area contributed by atoms with E-state index in [1.54, 1.807) is 0 Å². The van der Waals surface area contributed by atoms with E-state index >= 15 is 0 Å². The quantitative estimate of drug-likeness (QED) is 0.309. The van der Waals surface area contributed by atoms with Gasteiger partial charge in [0.25, 0.3) is 5.91 Å². The van der Waals surface area contributed by atoms with Crippen LogP contribution in [0, 0.1) is 6.92 Å². The second-order valence-electron chi connectivity index (χ2n) is 8.07.